The van der Waals surface area contributed by atoms with Gasteiger partial charge in [-0.3, -0.25) is 0 Å². The van der Waals surface area contributed by atoms with Crippen LogP contribution in [0.2, 0.25) is 5.02 Å². The van der Waals surface area contributed by atoms with Gasteiger partial charge in [0, 0.05) is 164 Å². The molecule has 138 heavy (non-hydrogen) atoms. The van der Waals surface area contributed by atoms with Crippen LogP contribution in [0.1, 0.15) is 327 Å². The van der Waals surface area contributed by atoms with Gasteiger partial charge >= 0.3 is 51.2 Å². The van der Waals surface area contributed by atoms with E-state index in [9.17, 15) is 5.11 Å². The summed E-state index contributed by atoms with van der Waals surface area (Å²) in [6.07, 6.45) is 73.7. The first-order valence-corrected chi connectivity index (χ1v) is 53.6. The maximum Gasteiger partial charge on any atom is 2.00 e. The molecular weight excluding hydrogens is 1920 g/mol. The van der Waals surface area contributed by atoms with Gasteiger partial charge in [0.05, 0.1) is 22.8 Å². The molecule has 3 atom stereocenters. The molecule has 754 valence electrons. The van der Waals surface area contributed by atoms with Crippen LogP contribution in [0.3, 0.4) is 0 Å². The number of unbranched alkanes of at least 4 members (excludes halogenated alkanes) is 2. The van der Waals surface area contributed by atoms with Crippen molar-refractivity contribution >= 4 is 114 Å². The molecule has 15 heteroatoms. The molecule has 0 spiro atoms. The third-order valence-electron chi connectivity index (χ3n) is 31.1. The van der Waals surface area contributed by atoms with Gasteiger partial charge in [-0.05, 0) is 222 Å². The Morgan fingerprint density at radius 1 is 0.522 bits per heavy atom. The van der Waals surface area contributed by atoms with E-state index in [0.717, 1.165) is 144 Å². The number of allylic oxidation sites excluding steroid dienone is 5. The first kappa shape index (κ1) is 122. The normalized spacial score (nSPS) is 20.4. The van der Waals surface area contributed by atoms with Crippen LogP contribution in [-0.2, 0) is 86.7 Å². The number of piperazine rings is 1. The van der Waals surface area contributed by atoms with Crippen molar-refractivity contribution in [1.82, 2.24) is 5.32 Å². The Bertz CT molecular complexity index is 5020. The Morgan fingerprint density at radius 2 is 0.986 bits per heavy atom. The maximum absolute atomic E-state index is 11.4. The number of fused-ring (bicyclic) bond motifs is 3. The van der Waals surface area contributed by atoms with Crippen LogP contribution in [0.15, 0.2) is 169 Å². The van der Waals surface area contributed by atoms with E-state index in [1.807, 2.05) is 34.5 Å². The number of anilines is 3. The van der Waals surface area contributed by atoms with Crippen molar-refractivity contribution in [2.24, 2.45) is 17.8 Å². The van der Waals surface area contributed by atoms with E-state index in [2.05, 4.69) is 260 Å². The van der Waals surface area contributed by atoms with Gasteiger partial charge in [0.1, 0.15) is 25.4 Å². The zero-order chi connectivity index (χ0) is 89.8. The van der Waals surface area contributed by atoms with Crippen LogP contribution in [0.4, 0.5) is 39.8 Å². The van der Waals surface area contributed by atoms with Crippen molar-refractivity contribution in [2.75, 3.05) is 87.2 Å². The SMILES string of the molecule is C1CCCC1.C1CCCC1.C1CCCC1.C=CCC1(C)C(/C=C/c2cc3c4c(c2O)CCCN4CCC3)=[N+](CCCCC2CCCC2)c2ccc(Cl)cc21.CCN(C)c1ccc(/C=C/C2=[N+](CCC3CCCC3)c3ccc(C)cc3C2(C)Cc2cccs2)cc1.[C-]#[N+]c1ccc2c(c1)C(C)(C/C=C/Br)C(/C=C/c1ccc(N3CCNCC3)cc1)=[N+]2CCCCC1CCCC1.[CH3-].[CH3-].[CH3-].[CH3-].[CH3-].[CH3-].[Fe+2].[Fe+2].[Fe+2]. The number of halogens is 2. The maximum atomic E-state index is 11.4. The van der Waals surface area contributed by atoms with Crippen molar-refractivity contribution in [3.8, 4) is 5.75 Å². The van der Waals surface area contributed by atoms with E-state index in [-0.39, 0.29) is 112 Å². The molecule has 0 bridgehead atoms. The van der Waals surface area contributed by atoms with Crippen molar-refractivity contribution in [2.45, 2.75) is 314 Å². The number of aryl methyl sites for hydroxylation is 2. The molecule has 3 unspecified atom stereocenters. The number of aromatic hydroxyl groups is 1. The van der Waals surface area contributed by atoms with Crippen molar-refractivity contribution in [1.29, 1.82) is 0 Å². The molecule has 1 saturated heterocycles. The first-order chi connectivity index (χ1) is 63.1. The van der Waals surface area contributed by atoms with Gasteiger partial charge in [-0.15, -0.1) is 17.9 Å². The second-order valence-corrected chi connectivity index (χ2v) is 42.4. The molecule has 7 heterocycles. The van der Waals surface area contributed by atoms with E-state index in [1.165, 1.54) is 320 Å². The average molecular weight is 2100 g/mol. The van der Waals surface area contributed by atoms with Crippen LogP contribution in [0, 0.1) is 75.8 Å². The van der Waals surface area contributed by atoms with Gasteiger partial charge in [0.25, 0.3) is 0 Å². The van der Waals surface area contributed by atoms with Gasteiger partial charge in [-0.2, -0.15) is 13.7 Å². The van der Waals surface area contributed by atoms with Crippen LogP contribution >= 0.6 is 38.9 Å². The van der Waals surface area contributed by atoms with E-state index >= 15 is 0 Å². The summed E-state index contributed by atoms with van der Waals surface area (Å²) in [5.41, 5.74) is 23.6. The molecule has 6 aliphatic heterocycles. The van der Waals surface area contributed by atoms with E-state index < -0.39 is 0 Å². The van der Waals surface area contributed by atoms with Gasteiger partial charge in [-0.1, -0.05) is 268 Å². The number of phenols is 1. The number of hydrogen-bond donors (Lipinski definition) is 2. The molecule has 6 aromatic carbocycles. The second kappa shape index (κ2) is 61.8. The number of rotatable bonds is 28. The van der Waals surface area contributed by atoms with Gasteiger partial charge in [-0.25, -0.2) is 4.85 Å². The first-order valence-electron chi connectivity index (χ1n) is 51.4. The Balaban J connectivity index is 0.000000327. The third-order valence-corrected chi connectivity index (χ3v) is 32.6. The molecule has 7 aromatic rings. The molecule has 9 nitrogen and oxygen atoms in total. The van der Waals surface area contributed by atoms with Crippen LogP contribution in [0.25, 0.3) is 23.1 Å². The van der Waals surface area contributed by atoms with Gasteiger partial charge in [0.2, 0.25) is 17.1 Å². The van der Waals surface area contributed by atoms with Crippen molar-refractivity contribution in [3.63, 3.8) is 0 Å². The van der Waals surface area contributed by atoms with E-state index in [0.29, 0.717) is 5.75 Å². The van der Waals surface area contributed by atoms with E-state index in [4.69, 9.17) is 18.2 Å². The van der Waals surface area contributed by atoms with Gasteiger partial charge in [0.15, 0.2) is 22.8 Å². The largest absolute Gasteiger partial charge is 2.00 e. The molecule has 1 aromatic heterocycles. The summed E-state index contributed by atoms with van der Waals surface area (Å²) < 4.78 is 7.74. The van der Waals surface area contributed by atoms with Gasteiger partial charge < -0.3 is 69.7 Å². The predicted molar refractivity (Wildman–Crippen MR) is 599 cm³/mol. The van der Waals surface area contributed by atoms with Crippen LogP contribution in [0.5, 0.6) is 5.75 Å². The fraction of sp³-hybridized carbons (Fsp3) is 0.512. The summed E-state index contributed by atoms with van der Waals surface area (Å²) in [6, 6.07) is 44.5. The van der Waals surface area contributed by atoms with Crippen molar-refractivity contribution in [3.05, 3.63) is 285 Å². The number of nitrogens with one attached hydrogen (secondary N) is 1. The molecule has 2 N–H and O–H groups in total. The molecule has 0 amide bonds. The van der Waals surface area contributed by atoms with Crippen molar-refractivity contribution < 1.29 is 70.0 Å². The summed E-state index contributed by atoms with van der Waals surface area (Å²) >= 11 is 11.9. The molecule has 6 aliphatic carbocycles. The number of hydrogen-bond acceptors (Lipinski definition) is 6. The Hall–Kier alpha value is -6.29. The zero-order valence-electron chi connectivity index (χ0n) is 87.1. The minimum Gasteiger partial charge on any atom is -0.507 e. The Labute approximate surface area is 891 Å². The van der Waals surface area contributed by atoms with Crippen LogP contribution in [-0.4, -0.2) is 108 Å². The predicted octanol–water partition coefficient (Wildman–Crippen LogP) is 34.1. The summed E-state index contributed by atoms with van der Waals surface area (Å²) in [6.45, 7) is 33.9. The molecule has 6 saturated carbocycles. The topological polar surface area (TPSA) is 55.4 Å². The second-order valence-electron chi connectivity index (χ2n) is 40.4. The fourth-order valence-corrected chi connectivity index (χ4v) is 24.7. The summed E-state index contributed by atoms with van der Waals surface area (Å²) in [5.74, 6) is 3.24. The minimum absolute atomic E-state index is 0. The molecular formula is C123H175BrClFe3N8OS+3. The smallest absolute Gasteiger partial charge is 0.507 e. The molecule has 12 aliphatic rings. The molecule has 19 rings (SSSR count). The Kier molecular flexibility index (Phi) is 54.7. The molecule has 0 radical (unpaired) electrons. The number of phenolic OH excluding ortho intramolecular Hbond substituents is 1. The number of thiophene rings is 1. The standard InChI is InChI=1S/C35H43ClN2O.C34H42BrN4.C33H41N2S.3C5H10.6CH3.3Fe/c1-3-19-35(2)30-24-28(36)16-17-31(30)38(22-7-6-12-25-10-4-5-11-25)32(35)18-15-27-23-26-13-8-20-37-21-9-14-29(33(26)37)34(27)39;1-34(19-7-20-35)31-26-29(36-2)14-17-32(31)39(23-6-5-10-27-8-3-4-9-27)33(34)18-13-28-11-15-30(16-12-28)38-24-21-37-22-25-38;1-5-34(4)28-16-13-27(14-17-28)15-19-32-33(3,24-29-11-8-22-36-29)30-23-25(2)12-18-31(30)35(32)21-20-26-9-6-7-10-26;3*1-2-4-5-3-1;;;;;;;;;/h3,15-18,23-25H,1,4-14,19-22H2,2H3;7,11-18,20,26-27,37H,3-6,8-10,19,21-25H2,1H3;8,11-19,22-23,26H,5-7,9-10,20-21,24H2,1-4H3;3*1-5H2;6*1H3;;;/q;2*+1;;;;6*-1;3*+2/p+1/b;20-7+;;;;;;;;;;;;;. The molecule has 7 fully saturated rings. The summed E-state index contributed by atoms with van der Waals surface area (Å²) in [5, 5.41) is 17.9. The summed E-state index contributed by atoms with van der Waals surface area (Å²) in [4.78, 5) is 14.4. The fourth-order valence-electron chi connectivity index (χ4n) is 23.5. The average Bonchev–Trinajstić information content (AvgIpc) is 1.58. The van der Waals surface area contributed by atoms with E-state index in [1.54, 1.807) is 0 Å². The van der Waals surface area contributed by atoms with Crippen LogP contribution < -0.4 is 20.0 Å². The number of benzene rings is 6. The number of nitrogens with zero attached hydrogens (tertiary/aromatic N) is 7. The minimum atomic E-state index is -0.209. The quantitative estimate of drug-likeness (QED) is 0.0168. The monoisotopic (exact) mass is 2090 g/mol. The Morgan fingerprint density at radius 3 is 1.49 bits per heavy atom. The summed E-state index contributed by atoms with van der Waals surface area (Å²) in [7, 11) is 2.15. The third kappa shape index (κ3) is 31.9. The zero-order valence-corrected chi connectivity index (χ0v) is 93.6.